The van der Waals surface area contributed by atoms with E-state index in [2.05, 4.69) is 32.5 Å². The Morgan fingerprint density at radius 3 is 3.00 bits per heavy atom. The summed E-state index contributed by atoms with van der Waals surface area (Å²) in [6.45, 7) is 4.90. The lowest BCUT2D eigenvalue weighted by molar-refractivity contribution is -0.132. The Morgan fingerprint density at radius 1 is 1.38 bits per heavy atom. The van der Waals surface area contributed by atoms with Gasteiger partial charge in [0.25, 0.3) is 0 Å². The SMILES string of the molecule is C=CC(=O)Nc1ccccc1CC(=O)N1CCCC(Cc2nn[nH]n2)C1. The van der Waals surface area contributed by atoms with E-state index in [0.29, 0.717) is 30.4 Å². The zero-order chi connectivity index (χ0) is 18.4. The standard InChI is InChI=1S/C18H22N6O2/c1-2-17(25)19-15-8-4-3-7-14(15)11-18(26)24-9-5-6-13(12-24)10-16-20-22-23-21-16/h2-4,7-8,13H,1,5-6,9-12H2,(H,19,25)(H,20,21,22,23). The predicted octanol–water partition coefficient (Wildman–Crippen LogP) is 1.35. The van der Waals surface area contributed by atoms with E-state index >= 15 is 0 Å². The molecule has 1 aromatic carbocycles. The fraction of sp³-hybridized carbons (Fsp3) is 0.389. The highest BCUT2D eigenvalue weighted by molar-refractivity contribution is 5.99. The number of nitrogens with one attached hydrogen (secondary N) is 2. The summed E-state index contributed by atoms with van der Waals surface area (Å²) in [5.74, 6) is 0.786. The van der Waals surface area contributed by atoms with Crippen molar-refractivity contribution < 1.29 is 9.59 Å². The van der Waals surface area contributed by atoms with Crippen LogP contribution in [0.3, 0.4) is 0 Å². The van der Waals surface area contributed by atoms with Gasteiger partial charge in [-0.25, -0.2) is 0 Å². The van der Waals surface area contributed by atoms with Gasteiger partial charge in [0.15, 0.2) is 5.82 Å². The number of amides is 2. The minimum Gasteiger partial charge on any atom is -0.342 e. The van der Waals surface area contributed by atoms with E-state index in [4.69, 9.17) is 0 Å². The van der Waals surface area contributed by atoms with Crippen LogP contribution in [-0.2, 0) is 22.4 Å². The highest BCUT2D eigenvalue weighted by Gasteiger charge is 2.25. The first kappa shape index (κ1) is 17.8. The van der Waals surface area contributed by atoms with Crippen LogP contribution in [0.4, 0.5) is 5.69 Å². The fourth-order valence-corrected chi connectivity index (χ4v) is 3.24. The van der Waals surface area contributed by atoms with Gasteiger partial charge < -0.3 is 10.2 Å². The van der Waals surface area contributed by atoms with Crippen LogP contribution in [0.25, 0.3) is 0 Å². The van der Waals surface area contributed by atoms with Gasteiger partial charge in [-0.1, -0.05) is 30.0 Å². The number of aromatic amines is 1. The molecular formula is C18H22N6O2. The quantitative estimate of drug-likeness (QED) is 0.762. The Morgan fingerprint density at radius 2 is 2.23 bits per heavy atom. The second-order valence-electron chi connectivity index (χ2n) is 6.41. The number of carbonyl (C=O) groups is 2. The molecule has 0 radical (unpaired) electrons. The summed E-state index contributed by atoms with van der Waals surface area (Å²) < 4.78 is 0. The number of para-hydroxylation sites is 1. The summed E-state index contributed by atoms with van der Waals surface area (Å²) in [5.41, 5.74) is 1.44. The number of aromatic nitrogens is 4. The average molecular weight is 354 g/mol. The van der Waals surface area contributed by atoms with Crippen molar-refractivity contribution in [1.82, 2.24) is 25.5 Å². The zero-order valence-corrected chi connectivity index (χ0v) is 14.5. The molecule has 2 heterocycles. The number of hydrogen-bond donors (Lipinski definition) is 2. The normalized spacial score (nSPS) is 16.9. The summed E-state index contributed by atoms with van der Waals surface area (Å²) in [7, 11) is 0. The van der Waals surface area contributed by atoms with Gasteiger partial charge in [0.1, 0.15) is 0 Å². The maximum atomic E-state index is 12.8. The van der Waals surface area contributed by atoms with Crippen LogP contribution in [0, 0.1) is 5.92 Å². The molecule has 136 valence electrons. The number of tetrazole rings is 1. The summed E-state index contributed by atoms with van der Waals surface area (Å²) in [6, 6.07) is 7.34. The first-order valence-corrected chi connectivity index (χ1v) is 8.67. The van der Waals surface area contributed by atoms with Crippen LogP contribution in [0.5, 0.6) is 0 Å². The molecule has 2 aromatic rings. The molecule has 0 spiro atoms. The minimum atomic E-state index is -0.289. The molecule has 3 rings (SSSR count). The van der Waals surface area contributed by atoms with Crippen LogP contribution in [-0.4, -0.2) is 50.4 Å². The van der Waals surface area contributed by atoms with Gasteiger partial charge in [0.2, 0.25) is 11.8 Å². The molecule has 26 heavy (non-hydrogen) atoms. The molecule has 1 fully saturated rings. The topological polar surface area (TPSA) is 104 Å². The summed E-state index contributed by atoms with van der Waals surface area (Å²) >= 11 is 0. The molecule has 0 aliphatic carbocycles. The average Bonchev–Trinajstić information content (AvgIpc) is 3.16. The number of hydrogen-bond acceptors (Lipinski definition) is 5. The Bertz CT molecular complexity index is 774. The summed E-state index contributed by atoms with van der Waals surface area (Å²) in [6.07, 6.45) is 4.19. The molecule has 8 heteroatoms. The van der Waals surface area contributed by atoms with Crippen LogP contribution in [0.2, 0.25) is 0 Å². The van der Waals surface area contributed by atoms with E-state index in [9.17, 15) is 9.59 Å². The van der Waals surface area contributed by atoms with Crippen molar-refractivity contribution in [2.75, 3.05) is 18.4 Å². The number of anilines is 1. The van der Waals surface area contributed by atoms with Gasteiger partial charge in [-0.05, 0) is 36.5 Å². The molecule has 1 aliphatic heterocycles. The summed E-state index contributed by atoms with van der Waals surface area (Å²) in [5, 5.41) is 16.8. The van der Waals surface area contributed by atoms with Gasteiger partial charge in [-0.15, -0.1) is 10.2 Å². The monoisotopic (exact) mass is 354 g/mol. The smallest absolute Gasteiger partial charge is 0.247 e. The lowest BCUT2D eigenvalue weighted by Crippen LogP contribution is -2.41. The number of piperidine rings is 1. The van der Waals surface area contributed by atoms with Crippen LogP contribution in [0.1, 0.15) is 24.2 Å². The van der Waals surface area contributed by atoms with E-state index in [1.165, 1.54) is 6.08 Å². The fourth-order valence-electron chi connectivity index (χ4n) is 3.24. The molecular weight excluding hydrogens is 332 g/mol. The number of likely N-dealkylation sites (tertiary alicyclic amines) is 1. The minimum absolute atomic E-state index is 0.0584. The molecule has 1 saturated heterocycles. The third-order valence-electron chi connectivity index (χ3n) is 4.53. The molecule has 1 aliphatic rings. The van der Waals surface area contributed by atoms with Gasteiger partial charge >= 0.3 is 0 Å². The van der Waals surface area contributed by atoms with E-state index < -0.39 is 0 Å². The molecule has 1 unspecified atom stereocenters. The Kier molecular flexibility index (Phi) is 5.73. The summed E-state index contributed by atoms with van der Waals surface area (Å²) in [4.78, 5) is 26.2. The van der Waals surface area contributed by atoms with Crippen molar-refractivity contribution in [3.05, 3.63) is 48.3 Å². The van der Waals surface area contributed by atoms with Crippen molar-refractivity contribution in [1.29, 1.82) is 0 Å². The maximum absolute atomic E-state index is 12.8. The second-order valence-corrected chi connectivity index (χ2v) is 6.41. The van der Waals surface area contributed by atoms with E-state index in [-0.39, 0.29) is 18.2 Å². The largest absolute Gasteiger partial charge is 0.342 e. The van der Waals surface area contributed by atoms with Crippen molar-refractivity contribution in [3.63, 3.8) is 0 Å². The highest BCUT2D eigenvalue weighted by atomic mass is 16.2. The first-order valence-electron chi connectivity index (χ1n) is 8.67. The Labute approximate surface area is 151 Å². The van der Waals surface area contributed by atoms with E-state index in [0.717, 1.165) is 24.9 Å². The molecule has 1 atom stereocenters. The number of rotatable bonds is 6. The number of H-pyrrole nitrogens is 1. The van der Waals surface area contributed by atoms with Crippen molar-refractivity contribution in [2.24, 2.45) is 5.92 Å². The van der Waals surface area contributed by atoms with Crippen LogP contribution < -0.4 is 5.32 Å². The molecule has 1 aromatic heterocycles. The molecule has 8 nitrogen and oxygen atoms in total. The Hall–Kier alpha value is -3.03. The van der Waals surface area contributed by atoms with Crippen molar-refractivity contribution in [2.45, 2.75) is 25.7 Å². The maximum Gasteiger partial charge on any atom is 0.247 e. The van der Waals surface area contributed by atoms with Crippen molar-refractivity contribution >= 4 is 17.5 Å². The van der Waals surface area contributed by atoms with Crippen molar-refractivity contribution in [3.8, 4) is 0 Å². The zero-order valence-electron chi connectivity index (χ0n) is 14.5. The van der Waals surface area contributed by atoms with Gasteiger partial charge in [0.05, 0.1) is 6.42 Å². The lowest BCUT2D eigenvalue weighted by Gasteiger charge is -2.32. The highest BCUT2D eigenvalue weighted by Crippen LogP contribution is 2.22. The van der Waals surface area contributed by atoms with Gasteiger partial charge in [0, 0.05) is 25.2 Å². The first-order chi connectivity index (χ1) is 12.7. The number of carbonyl (C=O) groups excluding carboxylic acids is 2. The predicted molar refractivity (Wildman–Crippen MR) is 96.2 cm³/mol. The van der Waals surface area contributed by atoms with Gasteiger partial charge in [-0.3, -0.25) is 9.59 Å². The van der Waals surface area contributed by atoms with Crippen LogP contribution in [0.15, 0.2) is 36.9 Å². The van der Waals surface area contributed by atoms with E-state index in [1.807, 2.05) is 23.1 Å². The van der Waals surface area contributed by atoms with Gasteiger partial charge in [-0.2, -0.15) is 5.21 Å². The lowest BCUT2D eigenvalue weighted by atomic mass is 9.94. The number of benzene rings is 1. The van der Waals surface area contributed by atoms with Crippen LogP contribution >= 0.6 is 0 Å². The molecule has 2 N–H and O–H groups in total. The third kappa shape index (κ3) is 4.53. The number of nitrogens with zero attached hydrogens (tertiary/aromatic N) is 4. The molecule has 0 saturated carbocycles. The molecule has 2 amide bonds. The second kappa shape index (κ2) is 8.37. The third-order valence-corrected chi connectivity index (χ3v) is 4.53. The molecule has 0 bridgehead atoms. The van der Waals surface area contributed by atoms with E-state index in [1.54, 1.807) is 6.07 Å². The Balaban J connectivity index is 1.62.